The smallest absolute Gasteiger partial charge is 0.462 e. The molecule has 0 aliphatic rings. The summed E-state index contributed by atoms with van der Waals surface area (Å²) in [5.41, 5.74) is 5.33. The number of nitrogens with two attached hydrogens (primary N) is 1. The molecule has 0 saturated carbocycles. The van der Waals surface area contributed by atoms with Crippen LogP contribution in [0.4, 0.5) is 0 Å². The molecule has 0 aromatic carbocycles. The van der Waals surface area contributed by atoms with Crippen molar-refractivity contribution in [3.63, 3.8) is 0 Å². The van der Waals surface area contributed by atoms with Crippen molar-refractivity contribution in [3.8, 4) is 0 Å². The van der Waals surface area contributed by atoms with Gasteiger partial charge in [-0.1, -0.05) is 143 Å². The minimum atomic E-state index is -4.40. The highest BCUT2D eigenvalue weighted by atomic mass is 31.2. The van der Waals surface area contributed by atoms with Gasteiger partial charge < -0.3 is 20.1 Å². The Kier molecular flexibility index (Phi) is 38.3. The van der Waals surface area contributed by atoms with Gasteiger partial charge in [-0.05, 0) is 83.5 Å². The quantitative estimate of drug-likeness (QED) is 0.0273. The molecule has 0 aliphatic heterocycles. The van der Waals surface area contributed by atoms with Gasteiger partial charge in [-0.2, -0.15) is 0 Å². The van der Waals surface area contributed by atoms with Gasteiger partial charge in [0.25, 0.3) is 0 Å². The fourth-order valence-corrected chi connectivity index (χ4v) is 5.69. The van der Waals surface area contributed by atoms with E-state index in [4.69, 9.17) is 24.3 Å². The molecule has 0 saturated heterocycles. The van der Waals surface area contributed by atoms with E-state index in [-0.39, 0.29) is 32.6 Å². The van der Waals surface area contributed by atoms with Crippen molar-refractivity contribution >= 4 is 19.8 Å². The highest BCUT2D eigenvalue weighted by molar-refractivity contribution is 7.47. The van der Waals surface area contributed by atoms with E-state index in [1.54, 1.807) is 0 Å². The monoisotopic (exact) mass is 788 g/mol. The summed E-state index contributed by atoms with van der Waals surface area (Å²) in [4.78, 5) is 34.8. The van der Waals surface area contributed by atoms with Crippen molar-refractivity contribution in [2.45, 2.75) is 148 Å². The standard InChI is InChI=1S/C45H74NO8P/c1-3-5-7-9-11-13-15-17-19-20-21-22-24-25-27-29-31-33-35-37-44(47)51-41-43(42-53-55(49,50)52-40-39-46)54-45(48)38-36-34-32-30-28-26-23-18-16-14-12-10-8-6-4-2/h5,7,11-14,17-19,21-23,25,27,31,33,43H,3-4,6,8-10,15-16,20,24,26,28-30,32,34-42,46H2,1-2H3,(H,49,50)/t43-/m1/s1. The fraction of sp³-hybridized carbons (Fsp3) is 0.600. The zero-order valence-corrected chi connectivity index (χ0v) is 35.0. The minimum Gasteiger partial charge on any atom is -0.462 e. The lowest BCUT2D eigenvalue weighted by Crippen LogP contribution is -2.29. The Morgan fingerprint density at radius 3 is 1.56 bits per heavy atom. The second-order valence-electron chi connectivity index (χ2n) is 13.1. The van der Waals surface area contributed by atoms with Crippen molar-refractivity contribution in [1.29, 1.82) is 0 Å². The summed E-state index contributed by atoms with van der Waals surface area (Å²) < 4.78 is 32.6. The van der Waals surface area contributed by atoms with E-state index in [1.165, 1.54) is 25.7 Å². The van der Waals surface area contributed by atoms with Crippen LogP contribution in [0.1, 0.15) is 142 Å². The Hall–Kier alpha value is -3.07. The van der Waals surface area contributed by atoms with Crippen LogP contribution < -0.4 is 5.73 Å². The number of phosphoric ester groups is 1. The zero-order valence-electron chi connectivity index (χ0n) is 34.1. The maximum Gasteiger partial charge on any atom is 0.472 e. The van der Waals surface area contributed by atoms with Crippen LogP contribution in [0.15, 0.2) is 97.2 Å². The van der Waals surface area contributed by atoms with Gasteiger partial charge in [-0.3, -0.25) is 18.6 Å². The number of carbonyl (C=O) groups is 2. The van der Waals surface area contributed by atoms with Crippen molar-refractivity contribution in [2.75, 3.05) is 26.4 Å². The minimum absolute atomic E-state index is 0.0360. The highest BCUT2D eigenvalue weighted by Gasteiger charge is 2.25. The maximum absolute atomic E-state index is 12.6. The predicted molar refractivity (Wildman–Crippen MR) is 228 cm³/mol. The van der Waals surface area contributed by atoms with E-state index in [0.29, 0.717) is 12.8 Å². The van der Waals surface area contributed by atoms with Crippen LogP contribution in [0, 0.1) is 0 Å². The number of allylic oxidation sites excluding steroid dienone is 16. The molecule has 2 atom stereocenters. The molecule has 0 fully saturated rings. The zero-order chi connectivity index (χ0) is 40.3. The second kappa shape index (κ2) is 40.6. The topological polar surface area (TPSA) is 134 Å². The van der Waals surface area contributed by atoms with Gasteiger partial charge in [0, 0.05) is 19.4 Å². The number of hydrogen-bond acceptors (Lipinski definition) is 8. The molecule has 9 nitrogen and oxygen atoms in total. The predicted octanol–water partition coefficient (Wildman–Crippen LogP) is 11.8. The molecule has 10 heteroatoms. The van der Waals surface area contributed by atoms with Crippen LogP contribution in [0.3, 0.4) is 0 Å². The molecule has 0 aromatic rings. The largest absolute Gasteiger partial charge is 0.472 e. The Morgan fingerprint density at radius 1 is 0.564 bits per heavy atom. The van der Waals surface area contributed by atoms with Gasteiger partial charge >= 0.3 is 19.8 Å². The van der Waals surface area contributed by atoms with E-state index in [9.17, 15) is 19.0 Å². The fourth-order valence-electron chi connectivity index (χ4n) is 4.92. The number of hydrogen-bond donors (Lipinski definition) is 2. The van der Waals surface area contributed by atoms with E-state index < -0.39 is 32.5 Å². The number of carbonyl (C=O) groups excluding carboxylic acids is 2. The molecule has 0 radical (unpaired) electrons. The molecule has 0 aliphatic carbocycles. The summed E-state index contributed by atoms with van der Waals surface area (Å²) in [6, 6.07) is 0. The van der Waals surface area contributed by atoms with E-state index >= 15 is 0 Å². The lowest BCUT2D eigenvalue weighted by molar-refractivity contribution is -0.161. The Bertz CT molecular complexity index is 1220. The van der Waals surface area contributed by atoms with Crippen LogP contribution in [0.25, 0.3) is 0 Å². The summed E-state index contributed by atoms with van der Waals surface area (Å²) in [5.74, 6) is -0.954. The third-order valence-electron chi connectivity index (χ3n) is 7.97. The first kappa shape index (κ1) is 51.9. The van der Waals surface area contributed by atoms with Crippen molar-refractivity contribution < 1.29 is 37.6 Å². The Balaban J connectivity index is 4.35. The third kappa shape index (κ3) is 40.4. The molecule has 0 rings (SSSR count). The van der Waals surface area contributed by atoms with Gasteiger partial charge in [-0.25, -0.2) is 4.57 Å². The summed E-state index contributed by atoms with van der Waals surface area (Å²) >= 11 is 0. The molecular weight excluding hydrogens is 713 g/mol. The van der Waals surface area contributed by atoms with Gasteiger partial charge in [0.2, 0.25) is 0 Å². The number of rotatable bonds is 37. The summed E-state index contributed by atoms with van der Waals surface area (Å²) in [6.07, 6.45) is 51.6. The lowest BCUT2D eigenvalue weighted by atomic mass is 10.1. The Morgan fingerprint density at radius 2 is 1.04 bits per heavy atom. The third-order valence-corrected chi connectivity index (χ3v) is 8.95. The van der Waals surface area contributed by atoms with Crippen LogP contribution in [0.2, 0.25) is 0 Å². The molecule has 0 amide bonds. The van der Waals surface area contributed by atoms with Gasteiger partial charge in [0.05, 0.1) is 13.2 Å². The van der Waals surface area contributed by atoms with Crippen molar-refractivity contribution in [3.05, 3.63) is 97.2 Å². The first-order valence-corrected chi connectivity index (χ1v) is 22.2. The molecule has 1 unspecified atom stereocenters. The van der Waals surface area contributed by atoms with Crippen molar-refractivity contribution in [1.82, 2.24) is 0 Å². The molecule has 0 bridgehead atoms. The molecule has 312 valence electrons. The molecule has 3 N–H and O–H groups in total. The SMILES string of the molecule is CCC=CCC=CCC=CCC=CCC=CCC=CCCC(=O)OC[C@H](COP(=O)(O)OCCN)OC(=O)CCCCCCCC=CCC=CCCCCC. The summed E-state index contributed by atoms with van der Waals surface area (Å²) in [5, 5.41) is 0. The number of ether oxygens (including phenoxy) is 2. The van der Waals surface area contributed by atoms with E-state index in [0.717, 1.165) is 77.0 Å². The summed E-state index contributed by atoms with van der Waals surface area (Å²) in [6.45, 7) is 3.46. The molecule has 0 aromatic heterocycles. The first-order chi connectivity index (χ1) is 26.8. The van der Waals surface area contributed by atoms with Crippen molar-refractivity contribution in [2.24, 2.45) is 5.73 Å². The Labute approximate surface area is 334 Å². The van der Waals surface area contributed by atoms with E-state index in [1.807, 2.05) is 12.2 Å². The second-order valence-corrected chi connectivity index (χ2v) is 14.6. The van der Waals surface area contributed by atoms with Crippen LogP contribution in [-0.2, 0) is 32.7 Å². The van der Waals surface area contributed by atoms with Crippen LogP contribution >= 0.6 is 7.82 Å². The first-order valence-electron chi connectivity index (χ1n) is 20.7. The maximum atomic E-state index is 12.6. The molecule has 55 heavy (non-hydrogen) atoms. The normalized spacial score (nSPS) is 14.3. The lowest BCUT2D eigenvalue weighted by Gasteiger charge is -2.19. The van der Waals surface area contributed by atoms with Gasteiger partial charge in [0.15, 0.2) is 6.10 Å². The van der Waals surface area contributed by atoms with Crippen LogP contribution in [-0.4, -0.2) is 49.3 Å². The molecular formula is C45H74NO8P. The van der Waals surface area contributed by atoms with Gasteiger partial charge in [-0.15, -0.1) is 0 Å². The number of esters is 2. The molecule has 0 spiro atoms. The number of phosphoric acid groups is 1. The summed E-state index contributed by atoms with van der Waals surface area (Å²) in [7, 11) is -4.40. The number of unbranched alkanes of at least 4 members (excludes halogenated alkanes) is 8. The van der Waals surface area contributed by atoms with E-state index in [2.05, 4.69) is 98.9 Å². The molecule has 0 heterocycles. The van der Waals surface area contributed by atoms with Gasteiger partial charge in [0.1, 0.15) is 6.61 Å². The average Bonchev–Trinajstić information content (AvgIpc) is 3.17. The van der Waals surface area contributed by atoms with Crippen LogP contribution in [0.5, 0.6) is 0 Å². The highest BCUT2D eigenvalue weighted by Crippen LogP contribution is 2.43. The average molecular weight is 788 g/mol.